The molecule has 0 amide bonds. The number of sulfonamides is 1. The van der Waals surface area contributed by atoms with Crippen molar-refractivity contribution in [2.75, 3.05) is 23.7 Å². The highest BCUT2D eigenvalue weighted by Gasteiger charge is 2.23. The van der Waals surface area contributed by atoms with Gasteiger partial charge in [0.05, 0.1) is 21.8 Å². The monoisotopic (exact) mass is 469 g/mol. The van der Waals surface area contributed by atoms with Crippen LogP contribution in [0, 0.1) is 17.1 Å². The van der Waals surface area contributed by atoms with Crippen molar-refractivity contribution in [1.82, 2.24) is 9.78 Å². The maximum absolute atomic E-state index is 13.6. The van der Waals surface area contributed by atoms with Gasteiger partial charge in [-0.3, -0.25) is 4.72 Å². The number of anilines is 2. The van der Waals surface area contributed by atoms with Crippen LogP contribution in [0.25, 0.3) is 16.5 Å². The van der Waals surface area contributed by atoms with E-state index in [-0.39, 0.29) is 21.3 Å². The topological polar surface area (TPSA) is 91.0 Å². The van der Waals surface area contributed by atoms with E-state index in [1.54, 1.807) is 18.2 Å². The molecular formula is C22H17ClFN5O2S. The molecule has 0 aliphatic rings. The number of hydrogen-bond acceptors (Lipinski definition) is 5. The lowest BCUT2D eigenvalue weighted by molar-refractivity contribution is 0.601. The summed E-state index contributed by atoms with van der Waals surface area (Å²) in [4.78, 5) is 1.94. The van der Waals surface area contributed by atoms with Crippen LogP contribution in [0.15, 0.2) is 65.7 Å². The quantitative estimate of drug-likeness (QED) is 0.462. The van der Waals surface area contributed by atoms with Crippen LogP contribution in [-0.2, 0) is 10.0 Å². The van der Waals surface area contributed by atoms with Gasteiger partial charge in [0.1, 0.15) is 17.4 Å². The summed E-state index contributed by atoms with van der Waals surface area (Å²) in [5, 5.41) is 14.7. The van der Waals surface area contributed by atoms with Gasteiger partial charge >= 0.3 is 0 Å². The molecule has 3 aromatic carbocycles. The number of aromatic nitrogens is 2. The molecule has 7 nitrogen and oxygen atoms in total. The molecule has 0 saturated carbocycles. The van der Waals surface area contributed by atoms with E-state index in [0.29, 0.717) is 11.1 Å². The van der Waals surface area contributed by atoms with E-state index in [1.807, 2.05) is 37.2 Å². The van der Waals surface area contributed by atoms with Crippen LogP contribution in [0.5, 0.6) is 0 Å². The first-order chi connectivity index (χ1) is 15.2. The molecule has 32 heavy (non-hydrogen) atoms. The zero-order valence-electron chi connectivity index (χ0n) is 17.0. The van der Waals surface area contributed by atoms with E-state index in [4.69, 9.17) is 11.6 Å². The minimum absolute atomic E-state index is 0.00300. The fourth-order valence-corrected chi connectivity index (χ4v) is 4.87. The minimum atomic E-state index is -4.12. The minimum Gasteiger partial charge on any atom is -0.377 e. The third kappa shape index (κ3) is 3.75. The summed E-state index contributed by atoms with van der Waals surface area (Å²) in [6.07, 6.45) is 1.22. The summed E-state index contributed by atoms with van der Waals surface area (Å²) in [6, 6.07) is 16.1. The molecule has 0 aliphatic heterocycles. The van der Waals surface area contributed by atoms with Gasteiger partial charge in [0.15, 0.2) is 5.82 Å². The first-order valence-electron chi connectivity index (χ1n) is 9.38. The van der Waals surface area contributed by atoms with Crippen LogP contribution in [0.4, 0.5) is 15.9 Å². The lowest BCUT2D eigenvalue weighted by atomic mass is 10.1. The van der Waals surface area contributed by atoms with E-state index >= 15 is 0 Å². The highest BCUT2D eigenvalue weighted by molar-refractivity contribution is 7.93. The Balaban J connectivity index is 1.85. The second kappa shape index (κ2) is 8.15. The molecule has 0 fully saturated rings. The van der Waals surface area contributed by atoms with Gasteiger partial charge in [-0.25, -0.2) is 17.5 Å². The molecule has 10 heteroatoms. The third-order valence-electron chi connectivity index (χ3n) is 4.90. The van der Waals surface area contributed by atoms with Gasteiger partial charge in [0, 0.05) is 30.6 Å². The molecule has 4 aromatic rings. The van der Waals surface area contributed by atoms with Crippen molar-refractivity contribution in [3.63, 3.8) is 0 Å². The molecule has 0 unspecified atom stereocenters. The normalized spacial score (nSPS) is 11.3. The number of benzene rings is 3. The van der Waals surface area contributed by atoms with E-state index in [9.17, 15) is 18.1 Å². The molecule has 0 radical (unpaired) electrons. The van der Waals surface area contributed by atoms with Crippen molar-refractivity contribution in [2.45, 2.75) is 4.90 Å². The third-order valence-corrected chi connectivity index (χ3v) is 6.59. The lowest BCUT2D eigenvalue weighted by Crippen LogP contribution is -2.17. The standard InChI is InChI=1S/C22H17ClFN5O2S/c1-28(2)20-7-3-6-17-16(20)5-4-8-21(17)32(30,31)27-22-14(12-25)13-26-29(22)15-9-10-19(24)18(23)11-15/h3-11,13,27H,1-2H3. The zero-order valence-corrected chi connectivity index (χ0v) is 18.6. The van der Waals surface area contributed by atoms with Crippen molar-refractivity contribution < 1.29 is 12.8 Å². The predicted molar refractivity (Wildman–Crippen MR) is 122 cm³/mol. The number of nitriles is 1. The van der Waals surface area contributed by atoms with Gasteiger partial charge in [0.25, 0.3) is 10.0 Å². The van der Waals surface area contributed by atoms with Crippen LogP contribution in [0.1, 0.15) is 5.56 Å². The number of fused-ring (bicyclic) bond motifs is 1. The first-order valence-corrected chi connectivity index (χ1v) is 11.2. The van der Waals surface area contributed by atoms with E-state index in [2.05, 4.69) is 9.82 Å². The Bertz CT molecular complexity index is 1490. The zero-order chi connectivity index (χ0) is 23.0. The molecule has 1 N–H and O–H groups in total. The highest BCUT2D eigenvalue weighted by Crippen LogP contribution is 2.32. The Labute approximate surface area is 189 Å². The summed E-state index contributed by atoms with van der Waals surface area (Å²) in [5.74, 6) is -0.700. The summed E-state index contributed by atoms with van der Waals surface area (Å²) in [6.45, 7) is 0. The van der Waals surface area contributed by atoms with E-state index in [0.717, 1.165) is 17.1 Å². The summed E-state index contributed by atoms with van der Waals surface area (Å²) in [5.41, 5.74) is 1.16. The molecule has 162 valence electrons. The number of nitrogens with one attached hydrogen (secondary N) is 1. The second-order valence-electron chi connectivity index (χ2n) is 7.16. The Morgan fingerprint density at radius 3 is 2.53 bits per heavy atom. The van der Waals surface area contributed by atoms with Gasteiger partial charge in [0.2, 0.25) is 0 Å². The van der Waals surface area contributed by atoms with Gasteiger partial charge in [-0.2, -0.15) is 10.4 Å². The summed E-state index contributed by atoms with van der Waals surface area (Å²) in [7, 11) is -0.372. The van der Waals surface area contributed by atoms with Crippen molar-refractivity contribution in [3.05, 3.63) is 77.2 Å². The van der Waals surface area contributed by atoms with E-state index in [1.165, 1.54) is 29.1 Å². The average molecular weight is 470 g/mol. The Kier molecular flexibility index (Phi) is 5.50. The molecule has 1 aromatic heterocycles. The summed E-state index contributed by atoms with van der Waals surface area (Å²) < 4.78 is 44.1. The van der Waals surface area contributed by atoms with Crippen molar-refractivity contribution >= 4 is 43.9 Å². The molecule has 0 saturated heterocycles. The molecular weight excluding hydrogens is 453 g/mol. The van der Waals surface area contributed by atoms with Crippen LogP contribution in [-0.4, -0.2) is 32.3 Å². The van der Waals surface area contributed by atoms with Gasteiger partial charge in [-0.1, -0.05) is 35.9 Å². The lowest BCUT2D eigenvalue weighted by Gasteiger charge is -2.17. The fourth-order valence-electron chi connectivity index (χ4n) is 3.41. The van der Waals surface area contributed by atoms with Gasteiger partial charge in [-0.15, -0.1) is 0 Å². The molecule has 0 aliphatic carbocycles. The predicted octanol–water partition coefficient (Wildman–Crippen LogP) is 4.56. The Morgan fingerprint density at radius 1 is 1.12 bits per heavy atom. The highest BCUT2D eigenvalue weighted by atomic mass is 35.5. The van der Waals surface area contributed by atoms with Crippen LogP contribution >= 0.6 is 11.6 Å². The van der Waals surface area contributed by atoms with Crippen molar-refractivity contribution in [3.8, 4) is 11.8 Å². The molecule has 4 rings (SSSR count). The van der Waals surface area contributed by atoms with Gasteiger partial charge in [-0.05, 0) is 30.3 Å². The van der Waals surface area contributed by atoms with Crippen molar-refractivity contribution in [1.29, 1.82) is 5.26 Å². The summed E-state index contributed by atoms with van der Waals surface area (Å²) >= 11 is 5.87. The number of rotatable bonds is 5. The number of halogens is 2. The second-order valence-corrected chi connectivity index (χ2v) is 9.22. The maximum atomic E-state index is 13.6. The van der Waals surface area contributed by atoms with Crippen LogP contribution < -0.4 is 9.62 Å². The molecule has 0 bridgehead atoms. The van der Waals surface area contributed by atoms with Crippen LogP contribution in [0.3, 0.4) is 0 Å². The Hall–Kier alpha value is -3.61. The van der Waals surface area contributed by atoms with Crippen LogP contribution in [0.2, 0.25) is 5.02 Å². The Morgan fingerprint density at radius 2 is 1.84 bits per heavy atom. The molecule has 1 heterocycles. The first kappa shape index (κ1) is 21.6. The fraction of sp³-hybridized carbons (Fsp3) is 0.0909. The SMILES string of the molecule is CN(C)c1cccc2c(S(=O)(=O)Nc3c(C#N)cnn3-c3ccc(F)c(Cl)c3)cccc12. The number of hydrogen-bond donors (Lipinski definition) is 1. The van der Waals surface area contributed by atoms with Gasteiger partial charge < -0.3 is 4.90 Å². The molecule has 0 spiro atoms. The number of nitrogens with zero attached hydrogens (tertiary/aromatic N) is 4. The smallest absolute Gasteiger partial charge is 0.263 e. The maximum Gasteiger partial charge on any atom is 0.263 e. The largest absolute Gasteiger partial charge is 0.377 e. The van der Waals surface area contributed by atoms with Crippen molar-refractivity contribution in [2.24, 2.45) is 0 Å². The van der Waals surface area contributed by atoms with E-state index < -0.39 is 15.8 Å². The molecule has 0 atom stereocenters. The average Bonchev–Trinajstić information content (AvgIpc) is 3.16.